The van der Waals surface area contributed by atoms with E-state index in [1.165, 1.54) is 0 Å². The molecule has 2 aliphatic rings. The quantitative estimate of drug-likeness (QED) is 0.295. The number of aromatic nitrogens is 4. The Labute approximate surface area is 235 Å². The van der Waals surface area contributed by atoms with Gasteiger partial charge >= 0.3 is 0 Å². The van der Waals surface area contributed by atoms with Gasteiger partial charge in [0.05, 0.1) is 12.1 Å². The normalized spacial score (nSPS) is 16.3. The Bertz CT molecular complexity index is 1400. The Hall–Kier alpha value is -3.53. The molecule has 0 saturated carbocycles. The number of nitrogens with one attached hydrogen (secondary N) is 2. The van der Waals surface area contributed by atoms with Crippen LogP contribution in [0.1, 0.15) is 35.6 Å². The maximum Gasteiger partial charge on any atom is 0.280 e. The summed E-state index contributed by atoms with van der Waals surface area (Å²) < 4.78 is 5.70. The highest BCUT2D eigenvalue weighted by atomic mass is 127. The third-order valence-electron chi connectivity index (χ3n) is 6.47. The second-order valence-electron chi connectivity index (χ2n) is 9.06. The molecule has 2 aliphatic heterocycles. The number of aryl methyl sites for hydroxylation is 1. The van der Waals surface area contributed by atoms with Crippen molar-refractivity contribution in [3.05, 3.63) is 44.6 Å². The Balaban J connectivity index is 1.09. The Kier molecular flexibility index (Phi) is 7.34. The van der Waals surface area contributed by atoms with Gasteiger partial charge in [-0.3, -0.25) is 19.9 Å². The lowest BCUT2D eigenvalue weighted by Gasteiger charge is -2.39. The van der Waals surface area contributed by atoms with E-state index in [9.17, 15) is 9.59 Å². The van der Waals surface area contributed by atoms with E-state index in [-0.39, 0.29) is 35.2 Å². The molecule has 6 N–H and O–H groups in total. The van der Waals surface area contributed by atoms with Crippen molar-refractivity contribution in [2.45, 2.75) is 31.2 Å². The minimum Gasteiger partial charge on any atom is -0.382 e. The Morgan fingerprint density at radius 1 is 1.13 bits per heavy atom. The highest BCUT2D eigenvalue weighted by Gasteiger charge is 2.40. The molecule has 2 amide bonds. The molecule has 2 aromatic heterocycles. The van der Waals surface area contributed by atoms with Gasteiger partial charge in [0, 0.05) is 36.5 Å². The number of benzene rings is 1. The predicted octanol–water partition coefficient (Wildman–Crippen LogP) is 1.63. The lowest BCUT2D eigenvalue weighted by molar-refractivity contribution is -0.132. The Morgan fingerprint density at radius 2 is 1.87 bits per heavy atom. The molecule has 15 heteroatoms. The fourth-order valence-electron chi connectivity index (χ4n) is 4.32. The summed E-state index contributed by atoms with van der Waals surface area (Å²) in [6.07, 6.45) is 1.99. The molecule has 1 saturated heterocycles. The molecule has 4 heterocycles. The van der Waals surface area contributed by atoms with Crippen LogP contribution in [-0.2, 0) is 11.2 Å². The molecule has 13 nitrogen and oxygen atoms in total. The maximum absolute atomic E-state index is 12.8. The van der Waals surface area contributed by atoms with Gasteiger partial charge in [0.1, 0.15) is 3.70 Å². The van der Waals surface area contributed by atoms with Gasteiger partial charge in [-0.25, -0.2) is 9.97 Å². The van der Waals surface area contributed by atoms with Crippen molar-refractivity contribution in [1.29, 1.82) is 0 Å². The van der Waals surface area contributed by atoms with Crippen LogP contribution in [0, 0.1) is 3.70 Å². The summed E-state index contributed by atoms with van der Waals surface area (Å²) in [4.78, 5) is 44.2. The van der Waals surface area contributed by atoms with Gasteiger partial charge in [-0.2, -0.15) is 4.98 Å². The topological polar surface area (TPSA) is 191 Å². The molecule has 5 rings (SSSR count). The number of likely N-dealkylation sites (tertiary alicyclic amines) is 1. The highest BCUT2D eigenvalue weighted by molar-refractivity contribution is 14.1. The summed E-state index contributed by atoms with van der Waals surface area (Å²) >= 11 is 7.81. The van der Waals surface area contributed by atoms with Crippen molar-refractivity contribution in [3.8, 4) is 11.4 Å². The predicted molar refractivity (Wildman–Crippen MR) is 148 cm³/mol. The van der Waals surface area contributed by atoms with Crippen LogP contribution in [0.15, 0.2) is 33.8 Å². The number of carbonyl (C=O) groups is 2. The first kappa shape index (κ1) is 26.1. The van der Waals surface area contributed by atoms with E-state index in [4.69, 9.17) is 27.6 Å². The largest absolute Gasteiger partial charge is 0.382 e. The van der Waals surface area contributed by atoms with Crippen molar-refractivity contribution in [2.24, 2.45) is 4.99 Å². The molecule has 0 aliphatic carbocycles. The minimum atomic E-state index is -0.524. The lowest BCUT2D eigenvalue weighted by atomic mass is 9.88. The maximum atomic E-state index is 12.8. The molecule has 0 bridgehead atoms. The zero-order valence-corrected chi connectivity index (χ0v) is 23.0. The molecule has 0 radical (unpaired) electrons. The number of aliphatic imine (C=N–C) groups is 1. The summed E-state index contributed by atoms with van der Waals surface area (Å²) in [6, 6.07) is 7.13. The van der Waals surface area contributed by atoms with E-state index in [1.807, 2.05) is 39.6 Å². The van der Waals surface area contributed by atoms with Crippen LogP contribution in [0.25, 0.3) is 11.4 Å². The first-order valence-electron chi connectivity index (χ1n) is 11.8. The van der Waals surface area contributed by atoms with Crippen molar-refractivity contribution in [2.75, 3.05) is 31.1 Å². The van der Waals surface area contributed by atoms with Gasteiger partial charge in [-0.05, 0) is 59.7 Å². The third-order valence-corrected chi connectivity index (χ3v) is 7.52. The standard InChI is InChI=1S/C23H24ClIN10O3/c24-13-3-1-12(2-4-13)20-29-14(38-34-20)5-6-15(36)35-9-7-23(8-10-35)11-28-22(33-23)32-21(37)16-18(26)31-19(27)17(25)30-16/h1-4H,5-11H2,(H4,26,27,31)(H2,28,32,33,37). The number of hydrogen-bond acceptors (Lipinski definition) is 11. The van der Waals surface area contributed by atoms with Crippen LogP contribution in [0.5, 0.6) is 0 Å². The number of hydrogen-bond donors (Lipinski definition) is 4. The van der Waals surface area contributed by atoms with E-state index in [0.29, 0.717) is 65.3 Å². The van der Waals surface area contributed by atoms with Crippen LogP contribution < -0.4 is 22.1 Å². The molecular formula is C23H24ClIN10O3. The van der Waals surface area contributed by atoms with Gasteiger partial charge in [0.15, 0.2) is 23.3 Å². The summed E-state index contributed by atoms with van der Waals surface area (Å²) in [5, 5.41) is 10.6. The summed E-state index contributed by atoms with van der Waals surface area (Å²) in [6.45, 7) is 1.62. The molecule has 1 fully saturated rings. The van der Waals surface area contributed by atoms with Crippen molar-refractivity contribution >= 4 is 63.6 Å². The van der Waals surface area contributed by atoms with Crippen molar-refractivity contribution in [3.63, 3.8) is 0 Å². The molecular weight excluding hydrogens is 627 g/mol. The van der Waals surface area contributed by atoms with E-state index < -0.39 is 5.91 Å². The first-order valence-corrected chi connectivity index (χ1v) is 13.3. The number of amides is 2. The minimum absolute atomic E-state index is 0.0176. The fraction of sp³-hybridized carbons (Fsp3) is 0.348. The van der Waals surface area contributed by atoms with Crippen molar-refractivity contribution < 1.29 is 14.1 Å². The SMILES string of the molecule is Nc1nc(N)c(C(=O)NC2=NCC3(CCN(C(=O)CCc4nc(-c5ccc(Cl)cc5)no4)CC3)N2)nc1I. The average Bonchev–Trinajstić information content (AvgIpc) is 3.53. The van der Waals surface area contributed by atoms with E-state index in [1.54, 1.807) is 12.1 Å². The van der Waals surface area contributed by atoms with E-state index in [2.05, 4.69) is 35.7 Å². The average molecular weight is 651 g/mol. The van der Waals surface area contributed by atoms with Gasteiger partial charge < -0.3 is 26.2 Å². The lowest BCUT2D eigenvalue weighted by Crippen LogP contribution is -2.57. The number of halogens is 2. The summed E-state index contributed by atoms with van der Waals surface area (Å²) in [5.41, 5.74) is 11.9. The second-order valence-corrected chi connectivity index (χ2v) is 10.5. The molecule has 38 heavy (non-hydrogen) atoms. The van der Waals surface area contributed by atoms with Crippen LogP contribution in [0.2, 0.25) is 5.02 Å². The smallest absolute Gasteiger partial charge is 0.280 e. The Morgan fingerprint density at radius 3 is 2.61 bits per heavy atom. The third kappa shape index (κ3) is 5.65. The molecule has 3 aromatic rings. The second kappa shape index (κ2) is 10.7. The summed E-state index contributed by atoms with van der Waals surface area (Å²) in [7, 11) is 0. The molecule has 198 valence electrons. The zero-order chi connectivity index (χ0) is 26.9. The van der Waals surface area contributed by atoms with Gasteiger partial charge in [0.25, 0.3) is 5.91 Å². The first-order chi connectivity index (χ1) is 18.2. The number of nitrogens with zero attached hydrogens (tertiary/aromatic N) is 6. The highest BCUT2D eigenvalue weighted by Crippen LogP contribution is 2.26. The van der Waals surface area contributed by atoms with Crippen molar-refractivity contribution in [1.82, 2.24) is 35.6 Å². The number of carbonyl (C=O) groups excluding carboxylic acids is 2. The van der Waals surface area contributed by atoms with Crippen LogP contribution in [0.3, 0.4) is 0 Å². The molecule has 0 atom stereocenters. The van der Waals surface area contributed by atoms with Crippen LogP contribution >= 0.6 is 34.2 Å². The van der Waals surface area contributed by atoms with Crippen LogP contribution in [0.4, 0.5) is 11.6 Å². The number of piperidine rings is 1. The monoisotopic (exact) mass is 650 g/mol. The number of nitrogen functional groups attached to an aromatic ring is 2. The van der Waals surface area contributed by atoms with Gasteiger partial charge in [0.2, 0.25) is 17.6 Å². The van der Waals surface area contributed by atoms with E-state index in [0.717, 1.165) is 5.56 Å². The zero-order valence-electron chi connectivity index (χ0n) is 20.1. The fourth-order valence-corrected chi connectivity index (χ4v) is 4.81. The van der Waals surface area contributed by atoms with Crippen LogP contribution in [-0.4, -0.2) is 68.0 Å². The molecule has 1 aromatic carbocycles. The molecule has 0 unspecified atom stereocenters. The van der Waals surface area contributed by atoms with E-state index >= 15 is 0 Å². The van der Waals surface area contributed by atoms with Gasteiger partial charge in [-0.15, -0.1) is 0 Å². The number of rotatable bonds is 5. The summed E-state index contributed by atoms with van der Waals surface area (Å²) in [5.74, 6) is 0.813. The number of anilines is 2. The molecule has 1 spiro atoms. The number of nitrogens with two attached hydrogens (primary N) is 2. The van der Waals surface area contributed by atoms with Gasteiger partial charge in [-0.1, -0.05) is 16.8 Å². The number of guanidine groups is 1.